The normalized spacial score (nSPS) is 14.8. The van der Waals surface area contributed by atoms with Crippen molar-refractivity contribution in [2.45, 2.75) is 26.3 Å². The van der Waals surface area contributed by atoms with Gasteiger partial charge in [-0.15, -0.1) is 0 Å². The lowest BCUT2D eigenvalue weighted by molar-refractivity contribution is 0.102. The van der Waals surface area contributed by atoms with Crippen LogP contribution in [-0.4, -0.2) is 40.0 Å². The fourth-order valence-electron chi connectivity index (χ4n) is 3.48. The summed E-state index contributed by atoms with van der Waals surface area (Å²) in [6.45, 7) is 6.43. The third kappa shape index (κ3) is 3.63. The third-order valence-corrected chi connectivity index (χ3v) is 5.05. The number of likely N-dealkylation sites (tertiary alicyclic amines) is 1. The van der Waals surface area contributed by atoms with Crippen molar-refractivity contribution in [3.05, 3.63) is 59.9 Å². The van der Waals surface area contributed by atoms with Gasteiger partial charge in [0, 0.05) is 24.3 Å². The minimum absolute atomic E-state index is 0.109. The van der Waals surface area contributed by atoms with Gasteiger partial charge in [-0.25, -0.2) is 4.98 Å². The monoisotopic (exact) mass is 348 g/mol. The van der Waals surface area contributed by atoms with Gasteiger partial charge in [0.2, 0.25) is 0 Å². The number of aryl methyl sites for hydroxylation is 1. The highest BCUT2D eigenvalue weighted by molar-refractivity contribution is 6.05. The van der Waals surface area contributed by atoms with Gasteiger partial charge in [0.1, 0.15) is 0 Å². The fraction of sp³-hybridized carbons (Fsp3) is 0.333. The van der Waals surface area contributed by atoms with Crippen LogP contribution in [0.1, 0.15) is 28.8 Å². The molecule has 0 unspecified atom stereocenters. The highest BCUT2D eigenvalue weighted by Gasteiger charge is 2.13. The Morgan fingerprint density at radius 1 is 1.08 bits per heavy atom. The molecule has 1 aliphatic heterocycles. The molecule has 0 spiro atoms. The summed E-state index contributed by atoms with van der Waals surface area (Å²) in [5, 5.41) is 2.94. The Hall–Kier alpha value is -2.66. The van der Waals surface area contributed by atoms with E-state index in [1.54, 1.807) is 0 Å². The molecular weight excluding hydrogens is 324 g/mol. The minimum atomic E-state index is -0.109. The third-order valence-electron chi connectivity index (χ3n) is 5.05. The molecule has 0 atom stereocenters. The summed E-state index contributed by atoms with van der Waals surface area (Å²) in [5.41, 5.74) is 4.54. The van der Waals surface area contributed by atoms with Gasteiger partial charge in [-0.2, -0.15) is 0 Å². The number of fused-ring (bicyclic) bond motifs is 1. The molecule has 2 aromatic carbocycles. The number of rotatable bonds is 5. The lowest BCUT2D eigenvalue weighted by Gasteiger charge is -2.15. The number of imidazole rings is 1. The number of aromatic nitrogens is 2. The van der Waals surface area contributed by atoms with Gasteiger partial charge in [-0.05, 0) is 63.2 Å². The zero-order valence-corrected chi connectivity index (χ0v) is 15.1. The first-order valence-electron chi connectivity index (χ1n) is 9.24. The summed E-state index contributed by atoms with van der Waals surface area (Å²) in [5.74, 6) is -0.109. The molecule has 0 bridgehead atoms. The quantitative estimate of drug-likeness (QED) is 0.765. The number of carbonyl (C=O) groups is 1. The average molecular weight is 348 g/mol. The Balaban J connectivity index is 1.47. The number of amides is 1. The molecule has 4 rings (SSSR count). The topological polar surface area (TPSA) is 50.2 Å². The Morgan fingerprint density at radius 2 is 1.85 bits per heavy atom. The lowest BCUT2D eigenvalue weighted by Crippen LogP contribution is -2.23. The van der Waals surface area contributed by atoms with Crippen LogP contribution < -0.4 is 5.32 Å². The molecule has 26 heavy (non-hydrogen) atoms. The second-order valence-corrected chi connectivity index (χ2v) is 7.01. The first-order chi connectivity index (χ1) is 12.7. The summed E-state index contributed by atoms with van der Waals surface area (Å²) >= 11 is 0. The van der Waals surface area contributed by atoms with Crippen LogP contribution >= 0.6 is 0 Å². The summed E-state index contributed by atoms with van der Waals surface area (Å²) in [6.07, 6.45) is 4.50. The smallest absolute Gasteiger partial charge is 0.255 e. The van der Waals surface area contributed by atoms with Crippen molar-refractivity contribution in [3.8, 4) is 0 Å². The van der Waals surface area contributed by atoms with Crippen LogP contribution in [-0.2, 0) is 6.54 Å². The van der Waals surface area contributed by atoms with E-state index in [0.717, 1.165) is 29.8 Å². The van der Waals surface area contributed by atoms with E-state index in [-0.39, 0.29) is 5.91 Å². The Kier molecular flexibility index (Phi) is 4.71. The second kappa shape index (κ2) is 7.30. The standard InChI is InChI=1S/C21H24N4O/c1-16-4-7-18(8-5-16)23-21(26)17-6-9-20-19(14-17)22-15-25(20)13-12-24-10-2-3-11-24/h4-9,14-15H,2-3,10-13H2,1H3,(H,23,26). The van der Waals surface area contributed by atoms with Gasteiger partial charge in [-0.3, -0.25) is 4.79 Å². The van der Waals surface area contributed by atoms with Crippen LogP contribution in [0.2, 0.25) is 0 Å². The number of benzene rings is 2. The van der Waals surface area contributed by atoms with Gasteiger partial charge in [0.25, 0.3) is 5.91 Å². The van der Waals surface area contributed by atoms with Crippen molar-refractivity contribution in [3.63, 3.8) is 0 Å². The molecule has 1 amide bonds. The van der Waals surface area contributed by atoms with Crippen LogP contribution in [0, 0.1) is 6.92 Å². The van der Waals surface area contributed by atoms with Gasteiger partial charge >= 0.3 is 0 Å². The van der Waals surface area contributed by atoms with E-state index >= 15 is 0 Å². The lowest BCUT2D eigenvalue weighted by atomic mass is 10.1. The van der Waals surface area contributed by atoms with E-state index in [1.807, 2.05) is 55.7 Å². The van der Waals surface area contributed by atoms with Crippen molar-refractivity contribution >= 4 is 22.6 Å². The van der Waals surface area contributed by atoms with E-state index in [4.69, 9.17) is 0 Å². The van der Waals surface area contributed by atoms with E-state index in [0.29, 0.717) is 5.56 Å². The van der Waals surface area contributed by atoms with E-state index in [2.05, 4.69) is 19.8 Å². The number of anilines is 1. The highest BCUT2D eigenvalue weighted by atomic mass is 16.1. The predicted octanol–water partition coefficient (Wildman–Crippen LogP) is 3.69. The molecule has 3 aromatic rings. The van der Waals surface area contributed by atoms with Crippen LogP contribution in [0.15, 0.2) is 48.8 Å². The summed E-state index contributed by atoms with van der Waals surface area (Å²) < 4.78 is 2.18. The van der Waals surface area contributed by atoms with E-state index < -0.39 is 0 Å². The molecule has 1 saturated heterocycles. The van der Waals surface area contributed by atoms with Crippen LogP contribution in [0.25, 0.3) is 11.0 Å². The summed E-state index contributed by atoms with van der Waals surface area (Å²) in [6, 6.07) is 13.5. The second-order valence-electron chi connectivity index (χ2n) is 7.01. The molecule has 1 fully saturated rings. The summed E-state index contributed by atoms with van der Waals surface area (Å²) in [4.78, 5) is 19.5. The van der Waals surface area contributed by atoms with Gasteiger partial charge in [0.15, 0.2) is 0 Å². The molecule has 0 saturated carbocycles. The van der Waals surface area contributed by atoms with Crippen LogP contribution in [0.3, 0.4) is 0 Å². The minimum Gasteiger partial charge on any atom is -0.329 e. The van der Waals surface area contributed by atoms with Crippen molar-refractivity contribution in [1.29, 1.82) is 0 Å². The Labute approximate surface area is 153 Å². The number of nitrogens with zero attached hydrogens (tertiary/aromatic N) is 3. The molecule has 1 aliphatic rings. The first-order valence-corrected chi connectivity index (χ1v) is 9.24. The Bertz CT molecular complexity index is 907. The molecule has 1 aromatic heterocycles. The van der Waals surface area contributed by atoms with Crippen molar-refractivity contribution < 1.29 is 4.79 Å². The van der Waals surface area contributed by atoms with E-state index in [1.165, 1.54) is 31.5 Å². The molecule has 5 nitrogen and oxygen atoms in total. The highest BCUT2D eigenvalue weighted by Crippen LogP contribution is 2.17. The van der Waals surface area contributed by atoms with Gasteiger partial charge < -0.3 is 14.8 Å². The average Bonchev–Trinajstić information content (AvgIpc) is 3.31. The SMILES string of the molecule is Cc1ccc(NC(=O)c2ccc3c(c2)ncn3CCN2CCCC2)cc1. The van der Waals surface area contributed by atoms with Crippen molar-refractivity contribution in [1.82, 2.24) is 14.5 Å². The van der Waals surface area contributed by atoms with Crippen molar-refractivity contribution in [2.75, 3.05) is 25.0 Å². The maximum atomic E-state index is 12.5. The number of carbonyl (C=O) groups excluding carboxylic acids is 1. The molecule has 1 N–H and O–H groups in total. The molecular formula is C21H24N4O. The zero-order chi connectivity index (χ0) is 17.9. The largest absolute Gasteiger partial charge is 0.329 e. The zero-order valence-electron chi connectivity index (χ0n) is 15.1. The molecule has 5 heteroatoms. The molecule has 2 heterocycles. The van der Waals surface area contributed by atoms with Crippen LogP contribution in [0.5, 0.6) is 0 Å². The number of hydrogen-bond acceptors (Lipinski definition) is 3. The maximum Gasteiger partial charge on any atom is 0.255 e. The van der Waals surface area contributed by atoms with Crippen molar-refractivity contribution in [2.24, 2.45) is 0 Å². The maximum absolute atomic E-state index is 12.5. The van der Waals surface area contributed by atoms with E-state index in [9.17, 15) is 4.79 Å². The fourth-order valence-corrected chi connectivity index (χ4v) is 3.48. The van der Waals surface area contributed by atoms with Gasteiger partial charge in [0.05, 0.1) is 17.4 Å². The Morgan fingerprint density at radius 3 is 2.62 bits per heavy atom. The molecule has 134 valence electrons. The molecule has 0 aliphatic carbocycles. The first kappa shape index (κ1) is 16.8. The number of nitrogens with one attached hydrogen (secondary N) is 1. The van der Waals surface area contributed by atoms with Crippen LogP contribution in [0.4, 0.5) is 5.69 Å². The van der Waals surface area contributed by atoms with Gasteiger partial charge in [-0.1, -0.05) is 17.7 Å². The predicted molar refractivity (Wildman–Crippen MR) is 105 cm³/mol. The molecule has 0 radical (unpaired) electrons. The summed E-state index contributed by atoms with van der Waals surface area (Å²) in [7, 11) is 0. The number of hydrogen-bond donors (Lipinski definition) is 1.